The molecule has 1 rings (SSSR count). The molecule has 0 heterocycles. The summed E-state index contributed by atoms with van der Waals surface area (Å²) in [6.07, 6.45) is 0. The van der Waals surface area contributed by atoms with E-state index in [1.165, 1.54) is 0 Å². The quantitative estimate of drug-likeness (QED) is 0.679. The molecule has 1 amide bonds. The zero-order valence-electron chi connectivity index (χ0n) is 8.80. The predicted octanol–water partition coefficient (Wildman–Crippen LogP) is 0.170. The van der Waals surface area contributed by atoms with E-state index in [0.29, 0.717) is 5.56 Å². The number of aryl methyl sites for hydroxylation is 1. The Balaban J connectivity index is 2.71. The van der Waals surface area contributed by atoms with Crippen LogP contribution in [0.4, 0.5) is 0 Å². The monoisotopic (exact) mass is 223 g/mol. The van der Waals surface area contributed by atoms with Crippen molar-refractivity contribution in [3.05, 3.63) is 35.4 Å². The summed E-state index contributed by atoms with van der Waals surface area (Å²) in [5, 5.41) is 19.6. The molecule has 0 fully saturated rings. The van der Waals surface area contributed by atoms with Gasteiger partial charge in [0.25, 0.3) is 5.91 Å². The van der Waals surface area contributed by atoms with Gasteiger partial charge in [0, 0.05) is 5.56 Å². The molecule has 1 aromatic carbocycles. The number of nitrogens with one attached hydrogen (secondary N) is 1. The molecule has 0 aliphatic heterocycles. The Morgan fingerprint density at radius 2 is 1.88 bits per heavy atom. The SMILES string of the molecule is Cc1ccc(C(=O)NC(CO)C(=O)O)cc1. The van der Waals surface area contributed by atoms with Gasteiger partial charge in [0.15, 0.2) is 6.04 Å². The maximum Gasteiger partial charge on any atom is 0.328 e. The van der Waals surface area contributed by atoms with Crippen LogP contribution in [0.2, 0.25) is 0 Å². The smallest absolute Gasteiger partial charge is 0.328 e. The van der Waals surface area contributed by atoms with Crippen molar-refractivity contribution in [2.45, 2.75) is 13.0 Å². The summed E-state index contributed by atoms with van der Waals surface area (Å²) in [6.45, 7) is 1.25. The van der Waals surface area contributed by atoms with Gasteiger partial charge >= 0.3 is 5.97 Å². The number of carbonyl (C=O) groups excluding carboxylic acids is 1. The van der Waals surface area contributed by atoms with E-state index >= 15 is 0 Å². The fourth-order valence-electron chi connectivity index (χ4n) is 1.13. The molecule has 0 aliphatic carbocycles. The fraction of sp³-hybridized carbons (Fsp3) is 0.273. The zero-order chi connectivity index (χ0) is 12.1. The summed E-state index contributed by atoms with van der Waals surface area (Å²) >= 11 is 0. The number of carbonyl (C=O) groups is 2. The minimum Gasteiger partial charge on any atom is -0.480 e. The number of hydrogen-bond acceptors (Lipinski definition) is 3. The van der Waals surface area contributed by atoms with Gasteiger partial charge in [-0.1, -0.05) is 17.7 Å². The maximum absolute atomic E-state index is 11.5. The number of aliphatic hydroxyl groups is 1. The molecule has 0 bridgehead atoms. The Kier molecular flexibility index (Phi) is 4.02. The molecule has 0 saturated heterocycles. The Morgan fingerprint density at radius 1 is 1.31 bits per heavy atom. The molecule has 0 spiro atoms. The Hall–Kier alpha value is -1.88. The van der Waals surface area contributed by atoms with Crippen molar-refractivity contribution in [2.24, 2.45) is 0 Å². The third kappa shape index (κ3) is 3.06. The topological polar surface area (TPSA) is 86.6 Å². The molecular weight excluding hydrogens is 210 g/mol. The highest BCUT2D eigenvalue weighted by Gasteiger charge is 2.19. The minimum atomic E-state index is -1.27. The van der Waals surface area contributed by atoms with Gasteiger partial charge in [-0.3, -0.25) is 4.79 Å². The maximum atomic E-state index is 11.5. The van der Waals surface area contributed by atoms with Crippen LogP contribution in [0.15, 0.2) is 24.3 Å². The van der Waals surface area contributed by atoms with Crippen molar-refractivity contribution < 1.29 is 19.8 Å². The molecule has 3 N–H and O–H groups in total. The third-order valence-electron chi connectivity index (χ3n) is 2.10. The summed E-state index contributed by atoms with van der Waals surface area (Å²) in [5.74, 6) is -1.77. The lowest BCUT2D eigenvalue weighted by molar-refractivity contribution is -0.140. The van der Waals surface area contributed by atoms with E-state index < -0.39 is 24.5 Å². The number of carboxylic acid groups (broad SMARTS) is 1. The van der Waals surface area contributed by atoms with Crippen molar-refractivity contribution in [3.8, 4) is 0 Å². The number of rotatable bonds is 4. The van der Waals surface area contributed by atoms with Crippen LogP contribution in [-0.2, 0) is 4.79 Å². The van der Waals surface area contributed by atoms with E-state index in [2.05, 4.69) is 5.32 Å². The summed E-state index contributed by atoms with van der Waals surface area (Å²) in [7, 11) is 0. The Morgan fingerprint density at radius 3 is 2.31 bits per heavy atom. The molecule has 5 heteroatoms. The first kappa shape index (κ1) is 12.2. The van der Waals surface area contributed by atoms with Gasteiger partial charge in [-0.2, -0.15) is 0 Å². The summed E-state index contributed by atoms with van der Waals surface area (Å²) < 4.78 is 0. The first-order chi connectivity index (χ1) is 7.54. The van der Waals surface area contributed by atoms with Crippen LogP contribution in [0, 0.1) is 6.92 Å². The molecule has 1 unspecified atom stereocenters. The van der Waals surface area contributed by atoms with Gasteiger partial charge in [0.2, 0.25) is 0 Å². The van der Waals surface area contributed by atoms with Crippen molar-refractivity contribution >= 4 is 11.9 Å². The van der Waals surface area contributed by atoms with Gasteiger partial charge in [-0.25, -0.2) is 4.79 Å². The summed E-state index contributed by atoms with van der Waals surface area (Å²) in [6, 6.07) is 5.43. The van der Waals surface area contributed by atoms with Gasteiger partial charge in [-0.05, 0) is 19.1 Å². The van der Waals surface area contributed by atoms with Gasteiger partial charge in [0.1, 0.15) is 0 Å². The number of benzene rings is 1. The highest BCUT2D eigenvalue weighted by atomic mass is 16.4. The first-order valence-electron chi connectivity index (χ1n) is 4.76. The van der Waals surface area contributed by atoms with Crippen LogP contribution in [0.3, 0.4) is 0 Å². The number of aliphatic carboxylic acids is 1. The van der Waals surface area contributed by atoms with E-state index in [9.17, 15) is 9.59 Å². The van der Waals surface area contributed by atoms with Crippen LogP contribution in [0.25, 0.3) is 0 Å². The molecule has 16 heavy (non-hydrogen) atoms. The number of amides is 1. The Bertz CT molecular complexity index is 385. The molecule has 0 aromatic heterocycles. The van der Waals surface area contributed by atoms with Crippen molar-refractivity contribution in [2.75, 3.05) is 6.61 Å². The Labute approximate surface area is 92.7 Å². The normalized spacial score (nSPS) is 11.9. The second-order valence-electron chi connectivity index (χ2n) is 3.41. The highest BCUT2D eigenvalue weighted by Crippen LogP contribution is 2.03. The van der Waals surface area contributed by atoms with Gasteiger partial charge in [-0.15, -0.1) is 0 Å². The van der Waals surface area contributed by atoms with Crippen molar-refractivity contribution in [1.82, 2.24) is 5.32 Å². The van der Waals surface area contributed by atoms with Crippen LogP contribution in [0.5, 0.6) is 0 Å². The molecule has 86 valence electrons. The number of hydrogen-bond donors (Lipinski definition) is 3. The van der Waals surface area contributed by atoms with E-state index in [1.54, 1.807) is 24.3 Å². The second-order valence-corrected chi connectivity index (χ2v) is 3.41. The van der Waals surface area contributed by atoms with E-state index in [0.717, 1.165) is 5.56 Å². The molecule has 1 aromatic rings. The largest absolute Gasteiger partial charge is 0.480 e. The van der Waals surface area contributed by atoms with Gasteiger partial charge < -0.3 is 15.5 Å². The van der Waals surface area contributed by atoms with Crippen LogP contribution < -0.4 is 5.32 Å². The molecule has 0 aliphatic rings. The highest BCUT2D eigenvalue weighted by molar-refractivity contribution is 5.96. The predicted molar refractivity (Wildman–Crippen MR) is 57.2 cm³/mol. The molecular formula is C11H13NO4. The van der Waals surface area contributed by atoms with Crippen LogP contribution >= 0.6 is 0 Å². The number of carboxylic acids is 1. The standard InChI is InChI=1S/C11H13NO4/c1-7-2-4-8(5-3-7)10(14)12-9(6-13)11(15)16/h2-5,9,13H,6H2,1H3,(H,12,14)(H,15,16). The fourth-order valence-corrected chi connectivity index (χ4v) is 1.13. The van der Waals surface area contributed by atoms with E-state index in [4.69, 9.17) is 10.2 Å². The lowest BCUT2D eigenvalue weighted by atomic mass is 10.1. The van der Waals surface area contributed by atoms with Crippen LogP contribution in [-0.4, -0.2) is 34.7 Å². The average molecular weight is 223 g/mol. The van der Waals surface area contributed by atoms with Crippen LogP contribution in [0.1, 0.15) is 15.9 Å². The number of aliphatic hydroxyl groups excluding tert-OH is 1. The first-order valence-corrected chi connectivity index (χ1v) is 4.76. The van der Waals surface area contributed by atoms with Crippen molar-refractivity contribution in [1.29, 1.82) is 0 Å². The third-order valence-corrected chi connectivity index (χ3v) is 2.10. The minimum absolute atomic E-state index is 0.366. The molecule has 5 nitrogen and oxygen atoms in total. The molecule has 0 saturated carbocycles. The van der Waals surface area contributed by atoms with Crippen molar-refractivity contribution in [3.63, 3.8) is 0 Å². The zero-order valence-corrected chi connectivity index (χ0v) is 8.80. The van der Waals surface area contributed by atoms with E-state index in [1.807, 2.05) is 6.92 Å². The summed E-state index contributed by atoms with van der Waals surface area (Å²) in [4.78, 5) is 22.1. The lowest BCUT2D eigenvalue weighted by Gasteiger charge is -2.11. The average Bonchev–Trinajstić information content (AvgIpc) is 2.26. The van der Waals surface area contributed by atoms with Gasteiger partial charge in [0.05, 0.1) is 6.61 Å². The second kappa shape index (κ2) is 5.27. The molecule has 1 atom stereocenters. The molecule has 0 radical (unpaired) electrons. The van der Waals surface area contributed by atoms with E-state index in [-0.39, 0.29) is 0 Å². The summed E-state index contributed by atoms with van der Waals surface area (Å²) in [5.41, 5.74) is 1.37. The lowest BCUT2D eigenvalue weighted by Crippen LogP contribution is -2.43.